The fourth-order valence-corrected chi connectivity index (χ4v) is 3.83. The van der Waals surface area contributed by atoms with Gasteiger partial charge < -0.3 is 10.2 Å². The lowest BCUT2D eigenvalue weighted by Gasteiger charge is -2.38. The van der Waals surface area contributed by atoms with Crippen LogP contribution in [-0.2, 0) is 13.6 Å². The zero-order chi connectivity index (χ0) is 15.7. The second kappa shape index (κ2) is 7.40. The summed E-state index contributed by atoms with van der Waals surface area (Å²) in [4.78, 5) is 7.36. The van der Waals surface area contributed by atoms with Gasteiger partial charge in [0.2, 0.25) is 0 Å². The maximum atomic E-state index is 4.90. The third-order valence-corrected chi connectivity index (χ3v) is 5.53. The summed E-state index contributed by atoms with van der Waals surface area (Å²) in [6.45, 7) is 10.3. The first kappa shape index (κ1) is 18.5. The molecule has 1 N–H and O–H groups in total. The van der Waals surface area contributed by atoms with E-state index in [1.807, 2.05) is 11.7 Å². The fourth-order valence-electron chi connectivity index (χ4n) is 3.83. The van der Waals surface area contributed by atoms with Gasteiger partial charge in [0.1, 0.15) is 0 Å². The number of guanidine groups is 1. The summed E-state index contributed by atoms with van der Waals surface area (Å²) in [5.74, 6) is 1.08. The maximum absolute atomic E-state index is 4.90. The van der Waals surface area contributed by atoms with Gasteiger partial charge in [0.25, 0.3) is 0 Å². The van der Waals surface area contributed by atoms with Crippen LogP contribution in [0.4, 0.5) is 0 Å². The minimum absolute atomic E-state index is 0. The summed E-state index contributed by atoms with van der Waals surface area (Å²) in [5, 5.41) is 7.97. The van der Waals surface area contributed by atoms with Gasteiger partial charge in [0.15, 0.2) is 5.96 Å². The molecular weight excluding hydrogens is 401 g/mol. The monoisotopic (exact) mass is 431 g/mol. The summed E-state index contributed by atoms with van der Waals surface area (Å²) in [5.41, 5.74) is 4.18. The van der Waals surface area contributed by atoms with Crippen LogP contribution >= 0.6 is 24.0 Å². The Morgan fingerprint density at radius 1 is 1.30 bits per heavy atom. The maximum Gasteiger partial charge on any atom is 0.194 e. The number of hydrogen-bond donors (Lipinski definition) is 1. The molecule has 6 heteroatoms. The molecule has 1 spiro atoms. The number of aryl methyl sites for hydroxylation is 2. The molecule has 1 aromatic heterocycles. The second-order valence-electron chi connectivity index (χ2n) is 6.97. The van der Waals surface area contributed by atoms with E-state index in [1.54, 1.807) is 0 Å². The predicted molar refractivity (Wildman–Crippen MR) is 105 cm³/mol. The normalized spacial score (nSPS) is 19.7. The lowest BCUT2D eigenvalue weighted by atomic mass is 9.68. The molecule has 130 valence electrons. The first-order valence-corrected chi connectivity index (χ1v) is 8.57. The Balaban J connectivity index is 0.00000192. The minimum Gasteiger partial charge on any atom is -0.357 e. The van der Waals surface area contributed by atoms with Gasteiger partial charge in [-0.2, -0.15) is 5.10 Å². The number of halogens is 1. The van der Waals surface area contributed by atoms with E-state index in [4.69, 9.17) is 4.99 Å². The van der Waals surface area contributed by atoms with Crippen molar-refractivity contribution in [1.29, 1.82) is 0 Å². The highest BCUT2D eigenvalue weighted by Crippen LogP contribution is 2.47. The van der Waals surface area contributed by atoms with Crippen molar-refractivity contribution in [2.45, 2.75) is 53.0 Å². The third-order valence-electron chi connectivity index (χ3n) is 5.53. The summed E-state index contributed by atoms with van der Waals surface area (Å²) in [7, 11) is 2.00. The van der Waals surface area contributed by atoms with E-state index in [1.165, 1.54) is 43.5 Å². The molecule has 0 bridgehead atoms. The molecule has 2 fully saturated rings. The van der Waals surface area contributed by atoms with Gasteiger partial charge in [-0.3, -0.25) is 4.68 Å². The number of aliphatic imine (C=N–C) groups is 1. The van der Waals surface area contributed by atoms with Crippen molar-refractivity contribution >= 4 is 29.9 Å². The Kier molecular flexibility index (Phi) is 5.97. The van der Waals surface area contributed by atoms with Crippen molar-refractivity contribution < 1.29 is 0 Å². The van der Waals surface area contributed by atoms with Gasteiger partial charge >= 0.3 is 0 Å². The molecule has 5 nitrogen and oxygen atoms in total. The minimum atomic E-state index is 0. The van der Waals surface area contributed by atoms with Crippen molar-refractivity contribution in [2.24, 2.45) is 17.5 Å². The number of likely N-dealkylation sites (tertiary alicyclic amines) is 1. The molecule has 0 radical (unpaired) electrons. The number of aromatic nitrogens is 2. The van der Waals surface area contributed by atoms with Crippen LogP contribution in [0.5, 0.6) is 0 Å². The molecule has 1 aliphatic carbocycles. The van der Waals surface area contributed by atoms with Crippen molar-refractivity contribution in [2.75, 3.05) is 19.6 Å². The van der Waals surface area contributed by atoms with E-state index >= 15 is 0 Å². The van der Waals surface area contributed by atoms with Gasteiger partial charge in [-0.25, -0.2) is 4.99 Å². The molecule has 1 saturated carbocycles. The molecule has 1 aromatic rings. The Bertz CT molecular complexity index is 574. The highest BCUT2D eigenvalue weighted by Gasteiger charge is 2.43. The average Bonchev–Trinajstić information content (AvgIpc) is 2.99. The van der Waals surface area contributed by atoms with Crippen LogP contribution in [0.3, 0.4) is 0 Å². The summed E-state index contributed by atoms with van der Waals surface area (Å²) >= 11 is 0. The zero-order valence-electron chi connectivity index (χ0n) is 14.9. The number of rotatable bonds is 3. The lowest BCUT2D eigenvalue weighted by Crippen LogP contribution is -2.42. The first-order valence-electron chi connectivity index (χ1n) is 8.57. The quantitative estimate of drug-likeness (QED) is 0.455. The molecule has 1 saturated heterocycles. The Labute approximate surface area is 156 Å². The van der Waals surface area contributed by atoms with Crippen LogP contribution in [0.15, 0.2) is 4.99 Å². The molecular formula is C17H30IN5. The van der Waals surface area contributed by atoms with Crippen molar-refractivity contribution in [3.05, 3.63) is 17.0 Å². The fraction of sp³-hybridized carbons (Fsp3) is 0.765. The van der Waals surface area contributed by atoms with E-state index in [2.05, 4.69) is 36.1 Å². The van der Waals surface area contributed by atoms with Crippen LogP contribution < -0.4 is 5.32 Å². The highest BCUT2D eigenvalue weighted by atomic mass is 127. The Morgan fingerprint density at radius 2 is 2.04 bits per heavy atom. The summed E-state index contributed by atoms with van der Waals surface area (Å²) in [6, 6.07) is 0. The highest BCUT2D eigenvalue weighted by molar-refractivity contribution is 14.0. The Hall–Kier alpha value is -0.790. The zero-order valence-corrected chi connectivity index (χ0v) is 17.2. The largest absolute Gasteiger partial charge is 0.357 e. The topological polar surface area (TPSA) is 45.5 Å². The molecule has 3 rings (SSSR count). The lowest BCUT2D eigenvalue weighted by molar-refractivity contribution is 0.151. The van der Waals surface area contributed by atoms with E-state index in [9.17, 15) is 0 Å². The molecule has 1 aliphatic heterocycles. The third kappa shape index (κ3) is 3.67. The number of hydrogen-bond acceptors (Lipinski definition) is 2. The molecule has 0 atom stereocenters. The van der Waals surface area contributed by atoms with E-state index in [0.29, 0.717) is 5.41 Å². The van der Waals surface area contributed by atoms with Crippen molar-refractivity contribution in [1.82, 2.24) is 20.0 Å². The number of nitrogens with zero attached hydrogens (tertiary/aromatic N) is 4. The molecule has 2 heterocycles. The smallest absolute Gasteiger partial charge is 0.194 e. The van der Waals surface area contributed by atoms with Crippen LogP contribution in [0, 0.1) is 19.3 Å². The van der Waals surface area contributed by atoms with E-state index in [0.717, 1.165) is 31.3 Å². The molecule has 0 unspecified atom stereocenters. The number of nitrogens with one attached hydrogen (secondary N) is 1. The van der Waals surface area contributed by atoms with Gasteiger partial charge in [-0.15, -0.1) is 24.0 Å². The van der Waals surface area contributed by atoms with Crippen LogP contribution in [-0.4, -0.2) is 40.3 Å². The molecule has 0 aromatic carbocycles. The average molecular weight is 431 g/mol. The predicted octanol–water partition coefficient (Wildman–Crippen LogP) is 3.00. The Morgan fingerprint density at radius 3 is 2.52 bits per heavy atom. The van der Waals surface area contributed by atoms with Gasteiger partial charge in [0, 0.05) is 37.9 Å². The van der Waals surface area contributed by atoms with Crippen LogP contribution in [0.1, 0.15) is 49.6 Å². The SMILES string of the molecule is CCNC(=NCc1c(C)nn(C)c1C)N1CCC2(CCC2)C1.I. The standard InChI is InChI=1S/C17H29N5.HI/c1-5-18-16(22-10-9-17(12-22)7-6-8-17)19-11-15-13(2)20-21(4)14(15)3;/h5-12H2,1-4H3,(H,18,19);1H. The summed E-state index contributed by atoms with van der Waals surface area (Å²) in [6.07, 6.45) is 5.56. The summed E-state index contributed by atoms with van der Waals surface area (Å²) < 4.78 is 1.95. The first-order chi connectivity index (χ1) is 10.5. The van der Waals surface area contributed by atoms with E-state index in [-0.39, 0.29) is 24.0 Å². The van der Waals surface area contributed by atoms with Crippen LogP contribution in [0.25, 0.3) is 0 Å². The molecule has 0 amide bonds. The van der Waals surface area contributed by atoms with Gasteiger partial charge in [0.05, 0.1) is 12.2 Å². The van der Waals surface area contributed by atoms with Crippen molar-refractivity contribution in [3.8, 4) is 0 Å². The van der Waals surface area contributed by atoms with Crippen molar-refractivity contribution in [3.63, 3.8) is 0 Å². The second-order valence-corrected chi connectivity index (χ2v) is 6.97. The van der Waals surface area contributed by atoms with Gasteiger partial charge in [-0.05, 0) is 45.4 Å². The van der Waals surface area contributed by atoms with Crippen LogP contribution in [0.2, 0.25) is 0 Å². The molecule has 23 heavy (non-hydrogen) atoms. The van der Waals surface area contributed by atoms with Gasteiger partial charge in [-0.1, -0.05) is 6.42 Å². The van der Waals surface area contributed by atoms with E-state index < -0.39 is 0 Å². The molecule has 2 aliphatic rings.